The highest BCUT2D eigenvalue weighted by Crippen LogP contribution is 2.33. The molecule has 16 heteroatoms. The van der Waals surface area contributed by atoms with E-state index in [0.717, 1.165) is 24.1 Å². The molecule has 0 radical (unpaired) electrons. The van der Waals surface area contributed by atoms with E-state index in [1.54, 1.807) is 36.2 Å². The molecular formula is C42H64N6O10. The quantitative estimate of drug-likeness (QED) is 0.199. The highest BCUT2D eigenvalue weighted by Gasteiger charge is 2.31. The van der Waals surface area contributed by atoms with Crippen molar-refractivity contribution in [2.75, 3.05) is 40.4 Å². The van der Waals surface area contributed by atoms with Crippen LogP contribution in [0.3, 0.4) is 0 Å². The Morgan fingerprint density at radius 1 is 0.603 bits per heavy atom. The monoisotopic (exact) mass is 812 g/mol. The second-order valence-electron chi connectivity index (χ2n) is 18.2. The fraction of sp³-hybridized carbons (Fsp3) is 0.667. The molecular weight excluding hydrogens is 748 g/mol. The predicted molar refractivity (Wildman–Crippen MR) is 216 cm³/mol. The van der Waals surface area contributed by atoms with Crippen molar-refractivity contribution in [2.45, 2.75) is 144 Å². The van der Waals surface area contributed by atoms with Crippen molar-refractivity contribution in [1.29, 1.82) is 0 Å². The van der Waals surface area contributed by atoms with Gasteiger partial charge >= 0.3 is 24.1 Å². The standard InChI is InChI=1S/C21H33N3O5.C21H31N3O5/c2*1-20(2,3)28-17(25)13-15-12-16(27-7)18(23-22-15)14-8-10-24(11-9-14)19(26)29-21(4,5)6/h12,14H,8-11,13H2,1-7H3;8,12H,9-11,13H2,1-7H3. The van der Waals surface area contributed by atoms with Crippen LogP contribution in [0.15, 0.2) is 18.2 Å². The van der Waals surface area contributed by atoms with Gasteiger partial charge in [-0.05, 0) is 108 Å². The van der Waals surface area contributed by atoms with Gasteiger partial charge in [-0.3, -0.25) is 9.59 Å². The van der Waals surface area contributed by atoms with E-state index in [4.69, 9.17) is 28.4 Å². The molecule has 2 amide bonds. The second-order valence-corrected chi connectivity index (χ2v) is 18.2. The van der Waals surface area contributed by atoms with Gasteiger partial charge in [-0.25, -0.2) is 9.59 Å². The van der Waals surface area contributed by atoms with Crippen LogP contribution < -0.4 is 9.47 Å². The third-order valence-electron chi connectivity index (χ3n) is 8.28. The molecule has 2 aromatic rings. The van der Waals surface area contributed by atoms with Crippen LogP contribution in [0.4, 0.5) is 9.59 Å². The summed E-state index contributed by atoms with van der Waals surface area (Å²) in [7, 11) is 3.13. The predicted octanol–water partition coefficient (Wildman–Crippen LogP) is 6.88. The number of aromatic nitrogens is 4. The Morgan fingerprint density at radius 2 is 1.05 bits per heavy atom. The molecule has 4 heterocycles. The Hall–Kier alpha value is -5.02. The zero-order chi connectivity index (χ0) is 43.6. The van der Waals surface area contributed by atoms with E-state index in [1.807, 2.05) is 89.2 Å². The minimum atomic E-state index is -0.554. The average Bonchev–Trinajstić information content (AvgIpc) is 3.09. The molecule has 0 unspecified atom stereocenters. The lowest BCUT2D eigenvalue weighted by Gasteiger charge is -2.33. The lowest BCUT2D eigenvalue weighted by Crippen LogP contribution is -2.41. The van der Waals surface area contributed by atoms with Crippen LogP contribution in [0, 0.1) is 0 Å². The molecule has 0 aliphatic carbocycles. The fourth-order valence-corrected chi connectivity index (χ4v) is 5.92. The summed E-state index contributed by atoms with van der Waals surface area (Å²) in [5, 5.41) is 17.0. The summed E-state index contributed by atoms with van der Waals surface area (Å²) < 4.78 is 32.5. The molecule has 2 aromatic heterocycles. The smallest absolute Gasteiger partial charge is 0.410 e. The molecule has 322 valence electrons. The molecule has 2 aliphatic rings. The molecule has 58 heavy (non-hydrogen) atoms. The van der Waals surface area contributed by atoms with E-state index < -0.39 is 22.4 Å². The number of carbonyl (C=O) groups excluding carboxylic acids is 4. The van der Waals surface area contributed by atoms with E-state index in [9.17, 15) is 19.2 Å². The number of esters is 2. The zero-order valence-electron chi connectivity index (χ0n) is 36.9. The topological polar surface area (TPSA) is 182 Å². The van der Waals surface area contributed by atoms with Gasteiger partial charge in [0.25, 0.3) is 0 Å². The summed E-state index contributed by atoms with van der Waals surface area (Å²) in [5.41, 5.74) is 1.16. The summed E-state index contributed by atoms with van der Waals surface area (Å²) in [6.07, 6.45) is 3.46. The van der Waals surface area contributed by atoms with Gasteiger partial charge in [0.2, 0.25) is 0 Å². The van der Waals surface area contributed by atoms with Gasteiger partial charge in [-0.1, -0.05) is 6.08 Å². The molecule has 0 bridgehead atoms. The molecule has 2 aliphatic heterocycles. The molecule has 0 atom stereocenters. The Labute approximate surface area is 343 Å². The minimum Gasteiger partial charge on any atom is -0.495 e. The maximum absolute atomic E-state index is 12.2. The zero-order valence-corrected chi connectivity index (χ0v) is 36.9. The number of likely N-dealkylation sites (tertiary alicyclic amines) is 1. The van der Waals surface area contributed by atoms with Crippen molar-refractivity contribution in [1.82, 2.24) is 30.2 Å². The highest BCUT2D eigenvalue weighted by atomic mass is 16.6. The highest BCUT2D eigenvalue weighted by molar-refractivity contribution is 5.75. The van der Waals surface area contributed by atoms with Crippen molar-refractivity contribution < 1.29 is 47.6 Å². The first kappa shape index (κ1) is 47.4. The van der Waals surface area contributed by atoms with Gasteiger partial charge in [0.15, 0.2) is 0 Å². The van der Waals surface area contributed by atoms with Gasteiger partial charge in [0, 0.05) is 44.2 Å². The SMILES string of the molecule is COc1cc(CC(=O)OC(C)(C)C)nnc1C1=CCN(C(=O)OC(C)(C)C)CC1.COc1cc(CC(=O)OC(C)(C)C)nnc1C1CCN(C(=O)OC(C)(C)C)CC1. The van der Waals surface area contributed by atoms with Crippen LogP contribution in [0.25, 0.3) is 5.57 Å². The average molecular weight is 813 g/mol. The van der Waals surface area contributed by atoms with Crippen molar-refractivity contribution >= 4 is 29.7 Å². The lowest BCUT2D eigenvalue weighted by atomic mass is 9.92. The van der Waals surface area contributed by atoms with Gasteiger partial charge in [0.1, 0.15) is 45.3 Å². The normalized spacial score (nSPS) is 15.3. The molecule has 0 saturated carbocycles. The number of hydrogen-bond donors (Lipinski definition) is 0. The van der Waals surface area contributed by atoms with Gasteiger partial charge < -0.3 is 38.2 Å². The first-order chi connectivity index (χ1) is 26.8. The van der Waals surface area contributed by atoms with Crippen molar-refractivity contribution in [2.24, 2.45) is 0 Å². The van der Waals surface area contributed by atoms with Crippen molar-refractivity contribution in [3.05, 3.63) is 41.0 Å². The molecule has 4 rings (SSSR count). The summed E-state index contributed by atoms with van der Waals surface area (Å²) in [5.74, 6) is 0.551. The Balaban J connectivity index is 0.000000310. The summed E-state index contributed by atoms with van der Waals surface area (Å²) >= 11 is 0. The number of rotatable bonds is 8. The van der Waals surface area contributed by atoms with Crippen molar-refractivity contribution in [3.63, 3.8) is 0 Å². The van der Waals surface area contributed by atoms with Crippen LogP contribution in [0.1, 0.15) is 131 Å². The first-order valence-electron chi connectivity index (χ1n) is 19.7. The number of carbonyl (C=O) groups is 4. The van der Waals surface area contributed by atoms with E-state index in [-0.39, 0.29) is 42.9 Å². The minimum absolute atomic E-state index is 0.0202. The third kappa shape index (κ3) is 16.1. The number of hydrogen-bond acceptors (Lipinski definition) is 14. The largest absolute Gasteiger partial charge is 0.495 e. The number of ether oxygens (including phenoxy) is 6. The van der Waals surface area contributed by atoms with Gasteiger partial charge in [0.05, 0.1) is 38.4 Å². The molecule has 0 aromatic carbocycles. The van der Waals surface area contributed by atoms with Crippen molar-refractivity contribution in [3.8, 4) is 11.5 Å². The van der Waals surface area contributed by atoms with E-state index in [2.05, 4.69) is 20.4 Å². The van der Waals surface area contributed by atoms with Gasteiger partial charge in [-0.2, -0.15) is 15.3 Å². The van der Waals surface area contributed by atoms with Gasteiger partial charge in [-0.15, -0.1) is 5.10 Å². The van der Waals surface area contributed by atoms with E-state index in [1.165, 1.54) is 0 Å². The van der Waals surface area contributed by atoms with Crippen LogP contribution in [0.2, 0.25) is 0 Å². The van der Waals surface area contributed by atoms with Crippen LogP contribution in [-0.4, -0.2) is 117 Å². The Kier molecular flexibility index (Phi) is 16.0. The lowest BCUT2D eigenvalue weighted by molar-refractivity contribution is -0.155. The molecule has 0 N–H and O–H groups in total. The maximum Gasteiger partial charge on any atom is 0.410 e. The molecule has 16 nitrogen and oxygen atoms in total. The fourth-order valence-electron chi connectivity index (χ4n) is 5.92. The third-order valence-corrected chi connectivity index (χ3v) is 8.28. The molecule has 1 fully saturated rings. The molecule has 1 saturated heterocycles. The van der Waals surface area contributed by atoms with Crippen LogP contribution in [-0.2, 0) is 41.4 Å². The first-order valence-corrected chi connectivity index (χ1v) is 19.7. The molecule has 0 spiro atoms. The second kappa shape index (κ2) is 19.6. The number of piperidine rings is 1. The number of amides is 2. The summed E-state index contributed by atoms with van der Waals surface area (Å²) in [4.78, 5) is 51.9. The van der Waals surface area contributed by atoms with E-state index >= 15 is 0 Å². The van der Waals surface area contributed by atoms with E-state index in [0.29, 0.717) is 61.2 Å². The summed E-state index contributed by atoms with van der Waals surface area (Å²) in [6, 6.07) is 3.44. The van der Waals surface area contributed by atoms with Crippen LogP contribution in [0.5, 0.6) is 11.5 Å². The Bertz CT molecular complexity index is 1780. The summed E-state index contributed by atoms with van der Waals surface area (Å²) in [6.45, 7) is 24.1. The maximum atomic E-state index is 12.2. The Morgan fingerprint density at radius 3 is 1.48 bits per heavy atom. The van der Waals surface area contributed by atoms with Crippen LogP contribution >= 0.6 is 0 Å². The number of methoxy groups -OCH3 is 2. The number of nitrogens with zero attached hydrogens (tertiary/aromatic N) is 6.